The van der Waals surface area contributed by atoms with Gasteiger partial charge >= 0.3 is 46.8 Å². The Morgan fingerprint density at radius 1 is 0.446 bits per heavy atom. The van der Waals surface area contributed by atoms with Crippen LogP contribution in [0.5, 0.6) is 0 Å². The van der Waals surface area contributed by atoms with E-state index in [1.165, 1.54) is 52.4 Å². The monoisotopic (exact) mass is 2200 g/mol. The summed E-state index contributed by atoms with van der Waals surface area (Å²) < 4.78 is 238. The topological polar surface area (TPSA) is 759 Å². The van der Waals surface area contributed by atoms with Crippen molar-refractivity contribution in [3.05, 3.63) is 88.0 Å². The summed E-state index contributed by atoms with van der Waals surface area (Å²) in [4.78, 5) is 146. The van der Waals surface area contributed by atoms with Gasteiger partial charge in [0, 0.05) is 34.2 Å². The average molecular weight is 2200 g/mol. The van der Waals surface area contributed by atoms with Crippen LogP contribution in [-0.4, -0.2) is 295 Å². The van der Waals surface area contributed by atoms with Gasteiger partial charge in [0.1, 0.15) is 103 Å². The van der Waals surface area contributed by atoms with E-state index in [4.69, 9.17) is 165 Å². The fourth-order valence-corrected chi connectivity index (χ4v) is 21.1. The molecule has 0 radical (unpaired) electrons. The van der Waals surface area contributed by atoms with E-state index in [1.54, 1.807) is 0 Å². The van der Waals surface area contributed by atoms with Gasteiger partial charge in [0.15, 0.2) is 136 Å². The third-order valence-electron chi connectivity index (χ3n) is 21.5. The minimum atomic E-state index is -4.64. The maximum Gasteiger partial charge on any atom is 0.582 e. The molecule has 12 aromatic heterocycles. The second kappa shape index (κ2) is 41.5. The molecule has 6 saturated heterocycles. The maximum atomic E-state index is 15.9. The highest BCUT2D eigenvalue weighted by molar-refractivity contribution is 8.44. The standard InChI is InChI=1S/C21H23F3N10O9P2S2.2C21H26F2N10O9P2S2/c1-38-12-7(41-18(9(12)22)33-5-29-10-14(25)27-4-28-15(10)33)2-40-45(37,47)43-13-19(42-8(21(13,23)24)3-39-44(36)46)34-6-30-11-16(34)31-20(26)32-17(11)35;2*1-37-43(35,45)39-4-10-11(23)14(20(41-10)33-7-29-13-17(33)30-21(25)31-18(13)34)42-44(36,46)38-3-8-2-9(22)19(40-8)32-6-28-12-15(24)26-5-27-16(12)32/h4-9,12-13,18-19H,2-3H2,1H3,(H6-,25,26,27,28,31,32,35,36,37,46,47);2*5-11,14,19-20H,2-4H2,1H3,(H,35,45)(H,36,46)(H2,24,26,27)(H3,25,30,31,34)/p+1/t7-,8-,9+,12-,13+,18-,19-,45?;2*8-,9-,10+,11-,14+,19+,20+,43?,44?/m100/s1. The Morgan fingerprint density at radius 2 is 0.799 bits per heavy atom. The summed E-state index contributed by atoms with van der Waals surface area (Å²) in [6.45, 7) is -24.5. The number of thiol groups is 2. The lowest BCUT2D eigenvalue weighted by Gasteiger charge is -2.28. The van der Waals surface area contributed by atoms with E-state index in [0.29, 0.717) is 0 Å². The number of halogens is 7. The molecule has 18 heterocycles. The lowest BCUT2D eigenvalue weighted by atomic mass is 10.1. The van der Waals surface area contributed by atoms with Gasteiger partial charge in [-0.05, 0) is 51.8 Å². The zero-order valence-corrected chi connectivity index (χ0v) is 80.8. The SMILES string of the molecule is COP(O)(=S)OC[C@H]1O[C@@H](n2cnc3c(=O)[nH]c(N)nc32)[C@H](OP(=O)(S)OC[C@@H]2C[C@H](F)[C@H](n3cnc4c(N)ncnc43)O2)[C@H]1F.COP(O)(=S)OC[C@H]1O[C@@H](n2cnc3c(=O)[nH]c(N)nc32)[C@H](OP(O)(=S)OC[C@@H]2C[C@H](F)[C@H](n3cnc4c(N)ncnc43)O2)[C@H]1F.CO[C@H]1[C@H](F)[C@H](n2cnc3c(N)ncnc32)O[C@@H]1COP(O)(=S)O[C@H]1[C@H](n2cnc3c(=O)[nH]c(N)nc32)O[C@H](CO[P+](=O)S)C1(F)F. The van der Waals surface area contributed by atoms with Gasteiger partial charge < -0.3 is 114 Å². The Balaban J connectivity index is 0.000000151. The molecule has 0 bridgehead atoms. The van der Waals surface area contributed by atoms with E-state index in [1.807, 2.05) is 0 Å². The van der Waals surface area contributed by atoms with Gasteiger partial charge in [-0.3, -0.25) is 74.8 Å². The summed E-state index contributed by atoms with van der Waals surface area (Å²) in [6, 6.07) is 0. The minimum Gasteiger partial charge on any atom is -0.382 e. The first kappa shape index (κ1) is 104. The molecule has 139 heavy (non-hydrogen) atoms. The zero-order chi connectivity index (χ0) is 99.8. The Morgan fingerprint density at radius 3 is 1.21 bits per heavy atom. The molecule has 0 amide bonds. The van der Waals surface area contributed by atoms with Gasteiger partial charge in [-0.15, -0.1) is 4.52 Å². The molecule has 12 aromatic rings. The molecule has 0 saturated carbocycles. The minimum absolute atomic E-state index is 0.0532. The van der Waals surface area contributed by atoms with Crippen molar-refractivity contribution in [2.45, 2.75) is 148 Å². The Labute approximate surface area is 801 Å². The molecule has 6 fully saturated rings. The second-order valence-electron chi connectivity index (χ2n) is 30.2. The van der Waals surface area contributed by atoms with Crippen molar-refractivity contribution in [3.63, 3.8) is 0 Å². The highest BCUT2D eigenvalue weighted by Gasteiger charge is 2.64. The summed E-state index contributed by atoms with van der Waals surface area (Å²) >= 11 is 27.4. The van der Waals surface area contributed by atoms with Crippen molar-refractivity contribution in [1.82, 2.24) is 117 Å². The van der Waals surface area contributed by atoms with Crippen molar-refractivity contribution in [3.8, 4) is 0 Å². The number of aromatic amines is 3. The van der Waals surface area contributed by atoms with Gasteiger partial charge in [0.05, 0.1) is 83.2 Å². The average Bonchev–Trinajstić information content (AvgIpc) is 1.57. The molecular formula is C63H76F7N30O27P6S6+. The highest BCUT2D eigenvalue weighted by Crippen LogP contribution is 2.60. The number of methoxy groups -OCH3 is 1. The largest absolute Gasteiger partial charge is 0.582 e. The molecule has 76 heteroatoms. The second-order valence-corrected chi connectivity index (χ2v) is 46.2. The van der Waals surface area contributed by atoms with Crippen molar-refractivity contribution in [1.29, 1.82) is 0 Å². The molecular weight excluding hydrogens is 2120 g/mol. The number of ether oxygens (including phenoxy) is 7. The molecule has 6 unspecified atom stereocenters. The third kappa shape index (κ3) is 22.1. The number of H-pyrrole nitrogens is 3. The number of anilines is 6. The summed E-state index contributed by atoms with van der Waals surface area (Å²) in [7, 11) is 0.822. The molecule has 19 N–H and O–H groups in total. The first-order valence-corrected chi connectivity index (χ1v) is 55.0. The smallest absolute Gasteiger partial charge is 0.382 e. The Kier molecular flexibility index (Phi) is 30.9. The Bertz CT molecular complexity index is 6790. The van der Waals surface area contributed by atoms with Crippen molar-refractivity contribution in [2.75, 3.05) is 95.4 Å². The van der Waals surface area contributed by atoms with Crippen LogP contribution >= 0.6 is 65.4 Å². The van der Waals surface area contributed by atoms with Crippen LogP contribution in [0.3, 0.4) is 0 Å². The van der Waals surface area contributed by atoms with E-state index in [0.717, 1.165) is 53.2 Å². The molecule has 57 nitrogen and oxygen atoms in total. The first-order chi connectivity index (χ1) is 65.7. The van der Waals surface area contributed by atoms with Crippen LogP contribution in [0.4, 0.5) is 66.0 Å². The summed E-state index contributed by atoms with van der Waals surface area (Å²) in [5.74, 6) is -4.61. The number of hydrogen-bond donors (Lipinski definition) is 15. The van der Waals surface area contributed by atoms with Crippen LogP contribution < -0.4 is 51.1 Å². The zero-order valence-electron chi connectivity index (χ0n) is 70.4. The van der Waals surface area contributed by atoms with E-state index >= 15 is 30.7 Å². The lowest BCUT2D eigenvalue weighted by molar-refractivity contribution is -0.117. The van der Waals surface area contributed by atoms with Crippen LogP contribution in [0.1, 0.15) is 50.2 Å². The lowest BCUT2D eigenvalue weighted by Crippen LogP contribution is -2.42. The van der Waals surface area contributed by atoms with Crippen LogP contribution in [0.15, 0.2) is 71.3 Å². The number of alkyl halides is 7. The van der Waals surface area contributed by atoms with Crippen LogP contribution in [0.25, 0.3) is 67.0 Å². The van der Waals surface area contributed by atoms with Crippen molar-refractivity contribution < 1.29 is 142 Å². The van der Waals surface area contributed by atoms with Gasteiger partial charge in [-0.1, -0.05) is 12.2 Å². The number of nitrogen functional groups attached to an aromatic ring is 6. The van der Waals surface area contributed by atoms with Gasteiger partial charge in [0.25, 0.3) is 16.7 Å². The predicted molar refractivity (Wildman–Crippen MR) is 483 cm³/mol. The fourth-order valence-electron chi connectivity index (χ4n) is 15.2. The molecule has 0 aliphatic carbocycles. The predicted octanol–water partition coefficient (Wildman–Crippen LogP) is 2.92. The number of hydrogen-bond acceptors (Lipinski definition) is 48. The molecule has 0 spiro atoms. The van der Waals surface area contributed by atoms with Gasteiger partial charge in [-0.25, -0.2) is 95.1 Å². The Hall–Kier alpha value is -8.24. The summed E-state index contributed by atoms with van der Waals surface area (Å²) in [6.07, 6.45) is -22.4. The number of rotatable bonds is 33. The molecule has 6 aliphatic heterocycles. The maximum absolute atomic E-state index is 15.9. The van der Waals surface area contributed by atoms with E-state index in [9.17, 15) is 43.1 Å². The summed E-state index contributed by atoms with van der Waals surface area (Å²) in [5, 5.41) is 0. The van der Waals surface area contributed by atoms with Crippen LogP contribution in [0.2, 0.25) is 0 Å². The number of nitrogens with zero attached hydrogens (tertiary/aromatic N) is 21. The normalized spacial score (nSPS) is 29.3. The quantitative estimate of drug-likeness (QED) is 0.0160. The van der Waals surface area contributed by atoms with Crippen molar-refractivity contribution in [2.24, 2.45) is 0 Å². The van der Waals surface area contributed by atoms with E-state index < -0.39 is 232 Å². The molecule has 6 aliphatic rings. The number of imidazole rings is 6. The van der Waals surface area contributed by atoms with Gasteiger partial charge in [0.2, 0.25) is 17.8 Å². The molecule has 0 aromatic carbocycles. The number of aromatic nitrogens is 24. The highest BCUT2D eigenvalue weighted by atomic mass is 32.7. The first-order valence-electron chi connectivity index (χ1n) is 39.6. The third-order valence-corrected chi connectivity index (χ3v) is 30.3. The number of nitrogens with one attached hydrogen (secondary N) is 3. The fraction of sp³-hybridized carbons (Fsp3) is 0.524. The van der Waals surface area contributed by atoms with E-state index in [-0.39, 0.29) is 115 Å². The molecule has 27 atom stereocenters. The molecule has 754 valence electrons. The van der Waals surface area contributed by atoms with Gasteiger partial charge in [-0.2, -0.15) is 15.0 Å². The van der Waals surface area contributed by atoms with Crippen LogP contribution in [-0.2, 0) is 139 Å². The van der Waals surface area contributed by atoms with E-state index in [2.05, 4.69) is 114 Å². The number of nitrogens with two attached hydrogens (primary N) is 6. The summed E-state index contributed by atoms with van der Waals surface area (Å²) in [5.41, 5.74) is 32.6. The van der Waals surface area contributed by atoms with Crippen molar-refractivity contribution >= 4 is 215 Å². The van der Waals surface area contributed by atoms with Crippen LogP contribution in [0, 0.1) is 0 Å². The number of fused-ring (bicyclic) bond motifs is 6. The molecule has 18 rings (SSSR count).